The smallest absolute Gasteiger partial charge is 0.137 e. The molecule has 2 nitrogen and oxygen atoms in total. The zero-order valence-electron chi connectivity index (χ0n) is 12.0. The Balaban J connectivity index is 2.40. The van der Waals surface area contributed by atoms with Crippen LogP contribution in [-0.2, 0) is 11.3 Å². The number of benzene rings is 1. The molecule has 0 atom stereocenters. The quantitative estimate of drug-likeness (QED) is 0.552. The molecule has 0 fully saturated rings. The molecule has 0 aromatic heterocycles. The van der Waals surface area contributed by atoms with E-state index in [1.54, 1.807) is 24.9 Å². The van der Waals surface area contributed by atoms with Gasteiger partial charge in [-0.05, 0) is 35.8 Å². The fraction of sp³-hybridized carbons (Fsp3) is 0.600. The number of thioether (sulfide) groups is 1. The summed E-state index contributed by atoms with van der Waals surface area (Å²) in [5, 5.41) is 3.21. The largest absolute Gasteiger partial charge is 0.383 e. The van der Waals surface area contributed by atoms with E-state index in [4.69, 9.17) is 4.74 Å². The lowest BCUT2D eigenvalue weighted by Crippen LogP contribution is -2.18. The van der Waals surface area contributed by atoms with Crippen molar-refractivity contribution < 1.29 is 9.13 Å². The molecule has 0 saturated carbocycles. The van der Waals surface area contributed by atoms with E-state index in [1.807, 2.05) is 12.1 Å². The van der Waals surface area contributed by atoms with Gasteiger partial charge in [0, 0.05) is 25.1 Å². The summed E-state index contributed by atoms with van der Waals surface area (Å²) in [7, 11) is 1.67. The molecule has 0 aliphatic carbocycles. The number of rotatable bonds is 9. The van der Waals surface area contributed by atoms with Gasteiger partial charge in [0.15, 0.2) is 0 Å². The first-order valence-corrected chi connectivity index (χ1v) is 7.73. The van der Waals surface area contributed by atoms with Gasteiger partial charge in [-0.3, -0.25) is 0 Å². The number of ether oxygens (including phenoxy) is 1. The maximum absolute atomic E-state index is 13.9. The minimum absolute atomic E-state index is 0.111. The van der Waals surface area contributed by atoms with Crippen LogP contribution in [0.15, 0.2) is 23.1 Å². The Kier molecular flexibility index (Phi) is 8.10. The van der Waals surface area contributed by atoms with Crippen molar-refractivity contribution in [1.82, 2.24) is 5.32 Å². The van der Waals surface area contributed by atoms with E-state index in [0.717, 1.165) is 29.2 Å². The lowest BCUT2D eigenvalue weighted by Gasteiger charge is -2.08. The summed E-state index contributed by atoms with van der Waals surface area (Å²) in [5.74, 6) is 1.53. The maximum atomic E-state index is 13.9. The van der Waals surface area contributed by atoms with Crippen LogP contribution in [0.25, 0.3) is 0 Å². The predicted octanol–water partition coefficient (Wildman–Crippen LogP) is 3.70. The highest BCUT2D eigenvalue weighted by Gasteiger charge is 2.05. The molecule has 0 bridgehead atoms. The van der Waals surface area contributed by atoms with Gasteiger partial charge >= 0.3 is 0 Å². The van der Waals surface area contributed by atoms with E-state index in [9.17, 15) is 4.39 Å². The number of halogens is 1. The van der Waals surface area contributed by atoms with Crippen LogP contribution in [0.2, 0.25) is 0 Å². The maximum Gasteiger partial charge on any atom is 0.137 e. The van der Waals surface area contributed by atoms with E-state index in [-0.39, 0.29) is 5.82 Å². The highest BCUT2D eigenvalue weighted by atomic mass is 32.2. The molecule has 0 spiro atoms. The summed E-state index contributed by atoms with van der Waals surface area (Å²) in [6.45, 7) is 6.50. The van der Waals surface area contributed by atoms with Crippen LogP contribution in [0.4, 0.5) is 4.39 Å². The Labute approximate surface area is 120 Å². The molecular weight excluding hydrogens is 261 g/mol. The van der Waals surface area contributed by atoms with Gasteiger partial charge in [-0.1, -0.05) is 19.9 Å². The molecule has 0 amide bonds. The molecule has 0 unspecified atom stereocenters. The molecule has 0 aliphatic rings. The molecular formula is C15H24FNOS. The molecule has 4 heteroatoms. The third kappa shape index (κ3) is 6.95. The highest BCUT2D eigenvalue weighted by Crippen LogP contribution is 2.24. The van der Waals surface area contributed by atoms with Crippen LogP contribution in [0.3, 0.4) is 0 Å². The Morgan fingerprint density at radius 2 is 2.16 bits per heavy atom. The zero-order chi connectivity index (χ0) is 14.1. The van der Waals surface area contributed by atoms with Crippen molar-refractivity contribution in [2.75, 3.05) is 26.0 Å². The van der Waals surface area contributed by atoms with Crippen LogP contribution < -0.4 is 5.32 Å². The fourth-order valence-electron chi connectivity index (χ4n) is 1.58. The van der Waals surface area contributed by atoms with E-state index in [1.165, 1.54) is 0 Å². The van der Waals surface area contributed by atoms with Crippen LogP contribution in [0.1, 0.15) is 25.8 Å². The molecule has 0 heterocycles. The van der Waals surface area contributed by atoms with Gasteiger partial charge in [0.05, 0.1) is 6.61 Å². The standard InChI is InChI=1S/C15H24FNOS/c1-12(2)6-9-19-15-5-4-13(10-14(15)16)11-17-7-8-18-3/h4-5,10,12,17H,6-9,11H2,1-3H3. The van der Waals surface area contributed by atoms with Gasteiger partial charge in [-0.2, -0.15) is 0 Å². The second-order valence-corrected chi connectivity index (χ2v) is 6.10. The van der Waals surface area contributed by atoms with Gasteiger partial charge in [0.2, 0.25) is 0 Å². The third-order valence-corrected chi connectivity index (χ3v) is 3.84. The molecule has 108 valence electrons. The predicted molar refractivity (Wildman–Crippen MR) is 80.2 cm³/mol. The van der Waals surface area contributed by atoms with E-state index < -0.39 is 0 Å². The Morgan fingerprint density at radius 3 is 2.79 bits per heavy atom. The summed E-state index contributed by atoms with van der Waals surface area (Å²) in [4.78, 5) is 0.751. The highest BCUT2D eigenvalue weighted by molar-refractivity contribution is 7.99. The van der Waals surface area contributed by atoms with Crippen molar-refractivity contribution in [2.45, 2.75) is 31.7 Å². The van der Waals surface area contributed by atoms with Crippen molar-refractivity contribution in [3.63, 3.8) is 0 Å². The number of methoxy groups -OCH3 is 1. The lowest BCUT2D eigenvalue weighted by molar-refractivity contribution is 0.199. The molecule has 0 saturated heterocycles. The molecule has 19 heavy (non-hydrogen) atoms. The second-order valence-electron chi connectivity index (χ2n) is 4.97. The molecule has 1 N–H and O–H groups in total. The Morgan fingerprint density at radius 1 is 1.37 bits per heavy atom. The molecule has 1 aromatic rings. The minimum Gasteiger partial charge on any atom is -0.383 e. The number of hydrogen-bond donors (Lipinski definition) is 1. The third-order valence-electron chi connectivity index (χ3n) is 2.76. The van der Waals surface area contributed by atoms with E-state index >= 15 is 0 Å². The zero-order valence-corrected chi connectivity index (χ0v) is 12.9. The first-order valence-electron chi connectivity index (χ1n) is 6.74. The lowest BCUT2D eigenvalue weighted by atomic mass is 10.2. The van der Waals surface area contributed by atoms with Crippen molar-refractivity contribution in [2.24, 2.45) is 5.92 Å². The van der Waals surface area contributed by atoms with Crippen LogP contribution >= 0.6 is 11.8 Å². The number of hydrogen-bond acceptors (Lipinski definition) is 3. The van der Waals surface area contributed by atoms with Crippen molar-refractivity contribution in [3.05, 3.63) is 29.6 Å². The van der Waals surface area contributed by atoms with Gasteiger partial charge < -0.3 is 10.1 Å². The molecule has 0 aliphatic heterocycles. The summed E-state index contributed by atoms with van der Waals surface area (Å²) in [6, 6.07) is 5.49. The average Bonchev–Trinajstić information content (AvgIpc) is 2.37. The van der Waals surface area contributed by atoms with Crippen molar-refractivity contribution >= 4 is 11.8 Å². The van der Waals surface area contributed by atoms with E-state index in [0.29, 0.717) is 19.1 Å². The normalized spacial score (nSPS) is 11.2. The van der Waals surface area contributed by atoms with Gasteiger partial charge in [-0.15, -0.1) is 11.8 Å². The van der Waals surface area contributed by atoms with E-state index in [2.05, 4.69) is 19.2 Å². The van der Waals surface area contributed by atoms with Crippen LogP contribution in [0.5, 0.6) is 0 Å². The average molecular weight is 285 g/mol. The number of nitrogens with one attached hydrogen (secondary N) is 1. The Hall–Kier alpha value is -0.580. The van der Waals surface area contributed by atoms with Crippen LogP contribution in [-0.4, -0.2) is 26.0 Å². The first-order chi connectivity index (χ1) is 9.13. The summed E-state index contributed by atoms with van der Waals surface area (Å²) in [5.41, 5.74) is 0.974. The summed E-state index contributed by atoms with van der Waals surface area (Å²) < 4.78 is 18.8. The minimum atomic E-state index is -0.111. The molecule has 1 rings (SSSR count). The topological polar surface area (TPSA) is 21.3 Å². The van der Waals surface area contributed by atoms with Gasteiger partial charge in [0.25, 0.3) is 0 Å². The van der Waals surface area contributed by atoms with Crippen molar-refractivity contribution in [1.29, 1.82) is 0 Å². The van der Waals surface area contributed by atoms with Gasteiger partial charge in [0.1, 0.15) is 5.82 Å². The van der Waals surface area contributed by atoms with Crippen molar-refractivity contribution in [3.8, 4) is 0 Å². The fourth-order valence-corrected chi connectivity index (χ4v) is 2.75. The SMILES string of the molecule is COCCNCc1ccc(SCCC(C)C)c(F)c1. The monoisotopic (exact) mass is 285 g/mol. The summed E-state index contributed by atoms with van der Waals surface area (Å²) in [6.07, 6.45) is 1.12. The Bertz CT molecular complexity index is 371. The van der Waals surface area contributed by atoms with Crippen LogP contribution in [0, 0.1) is 11.7 Å². The van der Waals surface area contributed by atoms with Gasteiger partial charge in [-0.25, -0.2) is 4.39 Å². The summed E-state index contributed by atoms with van der Waals surface area (Å²) >= 11 is 1.60. The molecule has 1 aromatic carbocycles. The first kappa shape index (κ1) is 16.5. The molecule has 0 radical (unpaired) electrons. The second kappa shape index (κ2) is 9.34.